The van der Waals surface area contributed by atoms with E-state index in [1.165, 1.54) is 0 Å². The van der Waals surface area contributed by atoms with Gasteiger partial charge in [0, 0.05) is 24.2 Å². The monoisotopic (exact) mass is 428 g/mol. The molecule has 0 aromatic heterocycles. The third-order valence-electron chi connectivity index (χ3n) is 5.49. The lowest BCUT2D eigenvalue weighted by Crippen LogP contribution is -2.47. The van der Waals surface area contributed by atoms with E-state index in [1.807, 2.05) is 35.2 Å². The van der Waals surface area contributed by atoms with Gasteiger partial charge >= 0.3 is 0 Å². The lowest BCUT2D eigenvalue weighted by Gasteiger charge is -2.34. The smallest absolute Gasteiger partial charge is 0.230 e. The summed E-state index contributed by atoms with van der Waals surface area (Å²) in [7, 11) is 0. The lowest BCUT2D eigenvalue weighted by molar-refractivity contribution is -0.134. The molecule has 2 aromatic carbocycles. The van der Waals surface area contributed by atoms with Crippen LogP contribution in [-0.2, 0) is 9.59 Å². The molecule has 1 unspecified atom stereocenters. The molecule has 0 radical (unpaired) electrons. The fourth-order valence-corrected chi connectivity index (χ4v) is 3.92. The number of carbonyl (C=O) groups is 2. The highest BCUT2D eigenvalue weighted by atomic mass is 35.5. The zero-order valence-electron chi connectivity index (χ0n) is 17.4. The summed E-state index contributed by atoms with van der Waals surface area (Å²) in [6, 6.07) is 17.1. The number of halogens is 1. The van der Waals surface area contributed by atoms with E-state index < -0.39 is 0 Å². The van der Waals surface area contributed by atoms with Crippen molar-refractivity contribution in [1.29, 1.82) is 0 Å². The molecule has 2 aromatic rings. The molecule has 0 aliphatic carbocycles. The Labute approximate surface area is 183 Å². The average Bonchev–Trinajstić information content (AvgIpc) is 2.77. The first-order valence-corrected chi connectivity index (χ1v) is 11.0. The number of carbonyl (C=O) groups excluding carboxylic acids is 2. The molecule has 160 valence electrons. The van der Waals surface area contributed by atoms with Crippen LogP contribution in [0.25, 0.3) is 0 Å². The van der Waals surface area contributed by atoms with E-state index >= 15 is 0 Å². The molecule has 5 nitrogen and oxygen atoms in total. The molecule has 0 saturated carbocycles. The second kappa shape index (κ2) is 11.0. The Morgan fingerprint density at radius 2 is 1.77 bits per heavy atom. The van der Waals surface area contributed by atoms with Gasteiger partial charge in [-0.05, 0) is 49.1 Å². The van der Waals surface area contributed by atoms with E-state index in [0.29, 0.717) is 36.9 Å². The Morgan fingerprint density at radius 1 is 1.10 bits per heavy atom. The SMILES string of the molecule is CCC(C(=O)N1CCC(NC(=O)CCOc2ccc(Cl)cc2)CC1)c1ccccc1. The van der Waals surface area contributed by atoms with Crippen molar-refractivity contribution in [2.75, 3.05) is 19.7 Å². The van der Waals surface area contributed by atoms with E-state index in [1.54, 1.807) is 24.3 Å². The van der Waals surface area contributed by atoms with Crippen LogP contribution in [0.3, 0.4) is 0 Å². The second-order valence-corrected chi connectivity index (χ2v) is 8.03. The van der Waals surface area contributed by atoms with E-state index in [9.17, 15) is 9.59 Å². The molecule has 1 atom stereocenters. The van der Waals surface area contributed by atoms with Crippen molar-refractivity contribution >= 4 is 23.4 Å². The van der Waals surface area contributed by atoms with Crippen LogP contribution in [0.2, 0.25) is 5.02 Å². The van der Waals surface area contributed by atoms with Crippen molar-refractivity contribution in [3.8, 4) is 5.75 Å². The van der Waals surface area contributed by atoms with Crippen molar-refractivity contribution in [1.82, 2.24) is 10.2 Å². The standard InChI is InChI=1S/C24H29ClN2O3/c1-2-22(18-6-4-3-5-7-18)24(29)27-15-12-20(13-16-27)26-23(28)14-17-30-21-10-8-19(25)9-11-21/h3-11,20,22H,2,12-17H2,1H3,(H,26,28). The molecule has 1 fully saturated rings. The summed E-state index contributed by atoms with van der Waals surface area (Å²) in [5.74, 6) is 0.763. The fourth-order valence-electron chi connectivity index (χ4n) is 3.80. The van der Waals surface area contributed by atoms with Gasteiger partial charge in [0.25, 0.3) is 0 Å². The summed E-state index contributed by atoms with van der Waals surface area (Å²) in [5.41, 5.74) is 1.07. The van der Waals surface area contributed by atoms with Gasteiger partial charge in [0.1, 0.15) is 5.75 Å². The molecular weight excluding hydrogens is 400 g/mol. The maximum absolute atomic E-state index is 13.0. The number of piperidine rings is 1. The van der Waals surface area contributed by atoms with Gasteiger partial charge in [-0.2, -0.15) is 0 Å². The predicted octanol–water partition coefficient (Wildman–Crippen LogP) is 4.41. The van der Waals surface area contributed by atoms with Crippen LogP contribution in [0.15, 0.2) is 54.6 Å². The minimum absolute atomic E-state index is 0.0236. The maximum Gasteiger partial charge on any atom is 0.230 e. The second-order valence-electron chi connectivity index (χ2n) is 7.59. The van der Waals surface area contributed by atoms with Gasteiger partial charge in [0.15, 0.2) is 0 Å². The third kappa shape index (κ3) is 6.23. The van der Waals surface area contributed by atoms with Gasteiger partial charge in [0.05, 0.1) is 18.9 Å². The Balaban J connectivity index is 1.39. The Bertz CT molecular complexity index is 818. The molecule has 0 spiro atoms. The number of amides is 2. The minimum atomic E-state index is -0.0950. The average molecular weight is 429 g/mol. The first kappa shape index (κ1) is 22.2. The Morgan fingerprint density at radius 3 is 2.40 bits per heavy atom. The van der Waals surface area contributed by atoms with Crippen LogP contribution in [0, 0.1) is 0 Å². The molecule has 1 heterocycles. The maximum atomic E-state index is 13.0. The van der Waals surface area contributed by atoms with Crippen LogP contribution in [0.4, 0.5) is 0 Å². The number of likely N-dealkylation sites (tertiary alicyclic amines) is 1. The van der Waals surface area contributed by atoms with E-state index in [4.69, 9.17) is 16.3 Å². The largest absolute Gasteiger partial charge is 0.493 e. The van der Waals surface area contributed by atoms with Crippen LogP contribution < -0.4 is 10.1 Å². The number of rotatable bonds is 8. The van der Waals surface area contributed by atoms with Crippen LogP contribution in [-0.4, -0.2) is 42.5 Å². The van der Waals surface area contributed by atoms with Gasteiger partial charge in [-0.3, -0.25) is 9.59 Å². The molecule has 1 aliphatic heterocycles. The van der Waals surface area contributed by atoms with Gasteiger partial charge in [0.2, 0.25) is 11.8 Å². The van der Waals surface area contributed by atoms with Gasteiger partial charge in [-0.25, -0.2) is 0 Å². The highest BCUT2D eigenvalue weighted by Gasteiger charge is 2.28. The number of hydrogen-bond acceptors (Lipinski definition) is 3. The van der Waals surface area contributed by atoms with Crippen molar-refractivity contribution in [2.24, 2.45) is 0 Å². The topological polar surface area (TPSA) is 58.6 Å². The highest BCUT2D eigenvalue weighted by molar-refractivity contribution is 6.30. The molecular formula is C24H29ClN2O3. The van der Waals surface area contributed by atoms with Crippen molar-refractivity contribution < 1.29 is 14.3 Å². The number of ether oxygens (including phenoxy) is 1. The van der Waals surface area contributed by atoms with E-state index in [-0.39, 0.29) is 23.8 Å². The third-order valence-corrected chi connectivity index (χ3v) is 5.74. The molecule has 1 aliphatic rings. The Hall–Kier alpha value is -2.53. The number of nitrogens with zero attached hydrogens (tertiary/aromatic N) is 1. The minimum Gasteiger partial charge on any atom is -0.493 e. The van der Waals surface area contributed by atoms with Crippen molar-refractivity contribution in [3.05, 3.63) is 65.2 Å². The van der Waals surface area contributed by atoms with Gasteiger partial charge in [-0.15, -0.1) is 0 Å². The molecule has 0 bridgehead atoms. The number of nitrogens with one attached hydrogen (secondary N) is 1. The van der Waals surface area contributed by atoms with Gasteiger partial charge < -0.3 is 15.0 Å². The Kier molecular flexibility index (Phi) is 8.14. The van der Waals surface area contributed by atoms with Crippen molar-refractivity contribution in [2.45, 2.75) is 44.6 Å². The summed E-state index contributed by atoms with van der Waals surface area (Å²) in [6.07, 6.45) is 2.64. The summed E-state index contributed by atoms with van der Waals surface area (Å²) >= 11 is 5.85. The zero-order valence-corrected chi connectivity index (χ0v) is 18.1. The molecule has 1 N–H and O–H groups in total. The lowest BCUT2D eigenvalue weighted by atomic mass is 9.93. The number of benzene rings is 2. The van der Waals surface area contributed by atoms with E-state index in [2.05, 4.69) is 12.2 Å². The van der Waals surface area contributed by atoms with Crippen molar-refractivity contribution in [3.63, 3.8) is 0 Å². The first-order valence-electron chi connectivity index (χ1n) is 10.6. The molecule has 6 heteroatoms. The normalized spacial score (nSPS) is 15.5. The van der Waals surface area contributed by atoms with Crippen LogP contribution in [0.5, 0.6) is 5.75 Å². The molecule has 1 saturated heterocycles. The first-order chi connectivity index (χ1) is 14.6. The van der Waals surface area contributed by atoms with Crippen LogP contribution >= 0.6 is 11.6 Å². The summed E-state index contributed by atoms with van der Waals surface area (Å²) < 4.78 is 5.58. The predicted molar refractivity (Wildman–Crippen MR) is 119 cm³/mol. The summed E-state index contributed by atoms with van der Waals surface area (Å²) in [5, 5.41) is 3.72. The zero-order chi connectivity index (χ0) is 21.3. The molecule has 2 amide bonds. The summed E-state index contributed by atoms with van der Waals surface area (Å²) in [4.78, 5) is 27.1. The summed E-state index contributed by atoms with van der Waals surface area (Å²) in [6.45, 7) is 3.72. The molecule has 30 heavy (non-hydrogen) atoms. The highest BCUT2D eigenvalue weighted by Crippen LogP contribution is 2.24. The molecule has 3 rings (SSSR count). The van der Waals surface area contributed by atoms with Crippen LogP contribution in [0.1, 0.15) is 44.1 Å². The fraction of sp³-hybridized carbons (Fsp3) is 0.417. The van der Waals surface area contributed by atoms with Gasteiger partial charge in [-0.1, -0.05) is 48.9 Å². The number of hydrogen-bond donors (Lipinski definition) is 1. The van der Waals surface area contributed by atoms with E-state index in [0.717, 1.165) is 24.8 Å². The quantitative estimate of drug-likeness (QED) is 0.677.